The molecule has 0 fully saturated rings. The number of carbonyl (C=O) groups is 1. The number of anilines is 1. The molecule has 0 amide bonds. The third kappa shape index (κ3) is 3.91. The van der Waals surface area contributed by atoms with Crippen LogP contribution in [0.25, 0.3) is 6.08 Å². The first-order valence-corrected chi connectivity index (χ1v) is 9.12. The molecule has 2 N–H and O–H groups in total. The Bertz CT molecular complexity index is 900. The summed E-state index contributed by atoms with van der Waals surface area (Å²) in [6.07, 6.45) is 1.86. The molecule has 0 aromatic heterocycles. The molecule has 1 heterocycles. The predicted octanol–water partition coefficient (Wildman–Crippen LogP) is 3.98. The van der Waals surface area contributed by atoms with E-state index in [9.17, 15) is 4.79 Å². The van der Waals surface area contributed by atoms with Crippen LogP contribution in [-0.4, -0.2) is 33.2 Å². The Morgan fingerprint density at radius 1 is 1.07 bits per heavy atom. The van der Waals surface area contributed by atoms with E-state index in [1.54, 1.807) is 32.4 Å². The fourth-order valence-corrected chi connectivity index (χ4v) is 3.09. The molecule has 0 radical (unpaired) electrons. The number of fused-ring (bicyclic) bond motifs is 1. The number of carbonyl (C=O) groups excluding carboxylic acids is 1. The minimum atomic E-state index is -0.0850. The summed E-state index contributed by atoms with van der Waals surface area (Å²) >= 11 is 0. The SMILES string of the molecule is COc1ccc(C(=O)C(=Cc2cc(OC)c3c(c2)OCCO3)C(C)C)cc1N. The Kier molecular flexibility index (Phi) is 5.78. The van der Waals surface area contributed by atoms with Crippen molar-refractivity contribution in [1.29, 1.82) is 0 Å². The van der Waals surface area contributed by atoms with E-state index in [1.165, 1.54) is 0 Å². The largest absolute Gasteiger partial charge is 0.495 e. The predicted molar refractivity (Wildman–Crippen MR) is 109 cm³/mol. The lowest BCUT2D eigenvalue weighted by molar-refractivity contribution is 0.102. The molecule has 0 bridgehead atoms. The van der Waals surface area contributed by atoms with Gasteiger partial charge in [-0.1, -0.05) is 13.8 Å². The number of Topliss-reactive ketones (excluding diaryl/α,β-unsaturated/α-hetero) is 1. The van der Waals surface area contributed by atoms with Crippen molar-refractivity contribution < 1.29 is 23.7 Å². The Labute approximate surface area is 164 Å². The molecule has 0 spiro atoms. The number of methoxy groups -OCH3 is 2. The second-order valence-corrected chi connectivity index (χ2v) is 6.79. The lowest BCUT2D eigenvalue weighted by atomic mass is 9.92. The van der Waals surface area contributed by atoms with Crippen LogP contribution in [0.5, 0.6) is 23.0 Å². The number of nitrogen functional groups attached to an aromatic ring is 1. The van der Waals surface area contributed by atoms with Crippen molar-refractivity contribution in [3.8, 4) is 23.0 Å². The normalized spacial score (nSPS) is 13.4. The Morgan fingerprint density at radius 3 is 2.43 bits per heavy atom. The van der Waals surface area contributed by atoms with Gasteiger partial charge in [-0.3, -0.25) is 4.79 Å². The third-order valence-electron chi connectivity index (χ3n) is 4.55. The van der Waals surface area contributed by atoms with Crippen LogP contribution in [0.1, 0.15) is 29.8 Å². The second kappa shape index (κ2) is 8.25. The van der Waals surface area contributed by atoms with Crippen molar-refractivity contribution in [3.63, 3.8) is 0 Å². The summed E-state index contributed by atoms with van der Waals surface area (Å²) in [7, 11) is 3.12. The molecule has 1 aliphatic heterocycles. The van der Waals surface area contributed by atoms with Crippen molar-refractivity contribution in [2.45, 2.75) is 13.8 Å². The molecule has 2 aromatic carbocycles. The van der Waals surface area contributed by atoms with Crippen molar-refractivity contribution in [1.82, 2.24) is 0 Å². The highest BCUT2D eigenvalue weighted by Gasteiger charge is 2.21. The van der Waals surface area contributed by atoms with E-state index in [0.29, 0.717) is 53.0 Å². The van der Waals surface area contributed by atoms with Gasteiger partial charge < -0.3 is 24.7 Å². The molecular formula is C22H25NO5. The highest BCUT2D eigenvalue weighted by Crippen LogP contribution is 2.41. The number of hydrogen-bond acceptors (Lipinski definition) is 6. The first-order chi connectivity index (χ1) is 13.4. The smallest absolute Gasteiger partial charge is 0.203 e. The standard InChI is InChI=1S/C22H25NO5/c1-13(2)16(21(24)15-5-6-18(25-3)17(23)12-15)9-14-10-19(26-4)22-20(11-14)27-7-8-28-22/h5-6,9-13H,7-8,23H2,1-4H3. The van der Waals surface area contributed by atoms with Crippen LogP contribution in [0.2, 0.25) is 0 Å². The van der Waals surface area contributed by atoms with Gasteiger partial charge in [0.15, 0.2) is 17.3 Å². The van der Waals surface area contributed by atoms with Gasteiger partial charge >= 0.3 is 0 Å². The molecule has 0 saturated carbocycles. The van der Waals surface area contributed by atoms with Crippen LogP contribution in [0.15, 0.2) is 35.9 Å². The summed E-state index contributed by atoms with van der Waals surface area (Å²) in [5.74, 6) is 2.25. The molecule has 1 aliphatic rings. The van der Waals surface area contributed by atoms with Gasteiger partial charge in [0.2, 0.25) is 5.75 Å². The number of benzene rings is 2. The van der Waals surface area contributed by atoms with Gasteiger partial charge in [-0.2, -0.15) is 0 Å². The zero-order chi connectivity index (χ0) is 20.3. The monoisotopic (exact) mass is 383 g/mol. The zero-order valence-electron chi connectivity index (χ0n) is 16.6. The maximum atomic E-state index is 13.1. The Morgan fingerprint density at radius 2 is 1.79 bits per heavy atom. The first-order valence-electron chi connectivity index (χ1n) is 9.12. The summed E-state index contributed by atoms with van der Waals surface area (Å²) in [6.45, 7) is 4.91. The van der Waals surface area contributed by atoms with Gasteiger partial charge in [0.25, 0.3) is 0 Å². The molecule has 148 valence electrons. The van der Waals surface area contributed by atoms with Crippen LogP contribution in [0.3, 0.4) is 0 Å². The number of allylic oxidation sites excluding steroid dienone is 1. The van der Waals surface area contributed by atoms with Gasteiger partial charge in [0.05, 0.1) is 19.9 Å². The molecule has 6 heteroatoms. The Hall–Kier alpha value is -3.15. The van der Waals surface area contributed by atoms with Crippen LogP contribution >= 0.6 is 0 Å². The summed E-state index contributed by atoms with van der Waals surface area (Å²) in [5, 5.41) is 0. The fraction of sp³-hybridized carbons (Fsp3) is 0.318. The van der Waals surface area contributed by atoms with E-state index < -0.39 is 0 Å². The molecule has 0 saturated heterocycles. The lowest BCUT2D eigenvalue weighted by Crippen LogP contribution is -2.16. The van der Waals surface area contributed by atoms with Crippen molar-refractivity contribution >= 4 is 17.5 Å². The number of ketones is 1. The van der Waals surface area contributed by atoms with Crippen molar-refractivity contribution in [2.24, 2.45) is 5.92 Å². The summed E-state index contributed by atoms with van der Waals surface area (Å²) < 4.78 is 21.9. The first kappa shape index (κ1) is 19.6. The maximum absolute atomic E-state index is 13.1. The second-order valence-electron chi connectivity index (χ2n) is 6.79. The van der Waals surface area contributed by atoms with Crippen LogP contribution in [0.4, 0.5) is 5.69 Å². The van der Waals surface area contributed by atoms with Gasteiger partial charge in [0, 0.05) is 11.1 Å². The van der Waals surface area contributed by atoms with Crippen molar-refractivity contribution in [2.75, 3.05) is 33.2 Å². The fourth-order valence-electron chi connectivity index (χ4n) is 3.09. The third-order valence-corrected chi connectivity index (χ3v) is 4.55. The van der Waals surface area contributed by atoms with Gasteiger partial charge in [-0.25, -0.2) is 0 Å². The van der Waals surface area contributed by atoms with Crippen LogP contribution in [0, 0.1) is 5.92 Å². The average molecular weight is 383 g/mol. The molecule has 0 atom stereocenters. The molecule has 3 rings (SSSR count). The number of ether oxygens (including phenoxy) is 4. The highest BCUT2D eigenvalue weighted by atomic mass is 16.6. The molecular weight excluding hydrogens is 358 g/mol. The Balaban J connectivity index is 2.01. The highest BCUT2D eigenvalue weighted by molar-refractivity contribution is 6.12. The van der Waals surface area contributed by atoms with E-state index in [1.807, 2.05) is 32.1 Å². The number of rotatable bonds is 6. The minimum absolute atomic E-state index is 0.00928. The van der Waals surface area contributed by atoms with Gasteiger partial charge in [-0.15, -0.1) is 0 Å². The van der Waals surface area contributed by atoms with E-state index in [0.717, 1.165) is 5.56 Å². The molecule has 28 heavy (non-hydrogen) atoms. The molecule has 0 aliphatic carbocycles. The minimum Gasteiger partial charge on any atom is -0.495 e. The molecule has 0 unspecified atom stereocenters. The quantitative estimate of drug-likeness (QED) is 0.462. The lowest BCUT2D eigenvalue weighted by Gasteiger charge is -2.21. The summed E-state index contributed by atoms with van der Waals surface area (Å²) in [4.78, 5) is 13.1. The number of nitrogens with two attached hydrogens (primary N) is 1. The summed E-state index contributed by atoms with van der Waals surface area (Å²) in [6, 6.07) is 8.76. The van der Waals surface area contributed by atoms with Gasteiger partial charge in [0.1, 0.15) is 19.0 Å². The van der Waals surface area contributed by atoms with E-state index in [2.05, 4.69) is 0 Å². The van der Waals surface area contributed by atoms with Crippen LogP contribution < -0.4 is 24.7 Å². The topological polar surface area (TPSA) is 80.0 Å². The average Bonchev–Trinajstić information content (AvgIpc) is 2.70. The molecule has 2 aromatic rings. The maximum Gasteiger partial charge on any atom is 0.203 e. The zero-order valence-corrected chi connectivity index (χ0v) is 16.6. The van der Waals surface area contributed by atoms with Gasteiger partial charge in [-0.05, 0) is 47.9 Å². The summed E-state index contributed by atoms with van der Waals surface area (Å²) in [5.41, 5.74) is 8.37. The molecule has 6 nitrogen and oxygen atoms in total. The van der Waals surface area contributed by atoms with E-state index in [-0.39, 0.29) is 11.7 Å². The van der Waals surface area contributed by atoms with E-state index in [4.69, 9.17) is 24.7 Å². The number of hydrogen-bond donors (Lipinski definition) is 1. The van der Waals surface area contributed by atoms with E-state index >= 15 is 0 Å². The van der Waals surface area contributed by atoms with Crippen molar-refractivity contribution in [3.05, 3.63) is 47.0 Å². The van der Waals surface area contributed by atoms with Crippen LogP contribution in [-0.2, 0) is 0 Å².